The van der Waals surface area contributed by atoms with Gasteiger partial charge in [-0.15, -0.1) is 0 Å². The molecule has 1 rings (SSSR count). The van der Waals surface area contributed by atoms with Gasteiger partial charge in [-0.1, -0.05) is 6.92 Å². The van der Waals surface area contributed by atoms with E-state index in [-0.39, 0.29) is 5.54 Å². The molecule has 0 amide bonds. The summed E-state index contributed by atoms with van der Waals surface area (Å²) in [4.78, 5) is 2.54. The Labute approximate surface area is 87.5 Å². The van der Waals surface area contributed by atoms with Crippen LogP contribution < -0.4 is 5.32 Å². The van der Waals surface area contributed by atoms with E-state index in [1.807, 2.05) is 0 Å². The number of aliphatic hydroxyl groups excluding tert-OH is 1. The van der Waals surface area contributed by atoms with Gasteiger partial charge in [0.2, 0.25) is 0 Å². The van der Waals surface area contributed by atoms with Gasteiger partial charge in [-0.25, -0.2) is 0 Å². The van der Waals surface area contributed by atoms with Gasteiger partial charge in [0, 0.05) is 31.3 Å². The molecule has 0 aromatic rings. The number of nitrogens with one attached hydrogen (secondary N) is 1. The molecule has 0 bridgehead atoms. The first kappa shape index (κ1) is 12.0. The minimum absolute atomic E-state index is 0.230. The maximum atomic E-state index is 9.02. The standard InChI is InChI=1S/C11H24N2O/c1-4-6-13-10(5-7-14)8-12-9-11(13,2)3/h10,12,14H,4-9H2,1-3H3. The van der Waals surface area contributed by atoms with Crippen LogP contribution in [-0.4, -0.2) is 47.8 Å². The fourth-order valence-electron chi connectivity index (χ4n) is 2.38. The number of hydrogen-bond acceptors (Lipinski definition) is 3. The Kier molecular flexibility index (Phi) is 4.35. The molecular weight excluding hydrogens is 176 g/mol. The molecule has 1 atom stereocenters. The molecule has 1 aliphatic heterocycles. The summed E-state index contributed by atoms with van der Waals surface area (Å²) in [5, 5.41) is 12.5. The summed E-state index contributed by atoms with van der Waals surface area (Å²) >= 11 is 0. The summed E-state index contributed by atoms with van der Waals surface area (Å²) in [7, 11) is 0. The highest BCUT2D eigenvalue weighted by Crippen LogP contribution is 2.22. The lowest BCUT2D eigenvalue weighted by molar-refractivity contribution is 0.0257. The van der Waals surface area contributed by atoms with Gasteiger partial charge in [0.1, 0.15) is 0 Å². The number of nitrogens with zero attached hydrogens (tertiary/aromatic N) is 1. The van der Waals surface area contributed by atoms with Gasteiger partial charge >= 0.3 is 0 Å². The fraction of sp³-hybridized carbons (Fsp3) is 1.00. The van der Waals surface area contributed by atoms with Crippen molar-refractivity contribution in [2.75, 3.05) is 26.2 Å². The van der Waals surface area contributed by atoms with Crippen molar-refractivity contribution < 1.29 is 5.11 Å². The molecule has 2 N–H and O–H groups in total. The van der Waals surface area contributed by atoms with Crippen LogP contribution in [0, 0.1) is 0 Å². The first-order chi connectivity index (χ1) is 6.61. The molecule has 0 aromatic heterocycles. The largest absolute Gasteiger partial charge is 0.396 e. The molecule has 84 valence electrons. The Morgan fingerprint density at radius 2 is 2.21 bits per heavy atom. The first-order valence-electron chi connectivity index (χ1n) is 5.70. The molecule has 0 saturated carbocycles. The predicted octanol–water partition coefficient (Wildman–Crippen LogP) is 0.831. The third-order valence-electron chi connectivity index (χ3n) is 3.08. The lowest BCUT2D eigenvalue weighted by Gasteiger charge is -2.48. The van der Waals surface area contributed by atoms with E-state index in [2.05, 4.69) is 31.0 Å². The highest BCUT2D eigenvalue weighted by Gasteiger charge is 2.34. The van der Waals surface area contributed by atoms with Crippen molar-refractivity contribution in [3.05, 3.63) is 0 Å². The maximum absolute atomic E-state index is 9.02. The van der Waals surface area contributed by atoms with Crippen LogP contribution in [0.1, 0.15) is 33.6 Å². The van der Waals surface area contributed by atoms with Gasteiger partial charge in [-0.2, -0.15) is 0 Å². The second-order valence-corrected chi connectivity index (χ2v) is 4.80. The lowest BCUT2D eigenvalue weighted by Crippen LogP contribution is -2.63. The van der Waals surface area contributed by atoms with Crippen LogP contribution in [0.5, 0.6) is 0 Å². The monoisotopic (exact) mass is 200 g/mol. The first-order valence-corrected chi connectivity index (χ1v) is 5.70. The minimum atomic E-state index is 0.230. The van der Waals surface area contributed by atoms with Gasteiger partial charge in [0.15, 0.2) is 0 Å². The van der Waals surface area contributed by atoms with E-state index in [0.29, 0.717) is 12.6 Å². The molecule has 0 spiro atoms. The molecule has 1 heterocycles. The predicted molar refractivity (Wildman–Crippen MR) is 59.4 cm³/mol. The summed E-state index contributed by atoms with van der Waals surface area (Å²) in [6.07, 6.45) is 2.07. The Morgan fingerprint density at radius 1 is 1.50 bits per heavy atom. The van der Waals surface area contributed by atoms with E-state index in [9.17, 15) is 0 Å². The minimum Gasteiger partial charge on any atom is -0.396 e. The molecule has 3 heteroatoms. The topological polar surface area (TPSA) is 35.5 Å². The van der Waals surface area contributed by atoms with Gasteiger partial charge in [-0.05, 0) is 33.2 Å². The lowest BCUT2D eigenvalue weighted by atomic mass is 9.94. The van der Waals surface area contributed by atoms with Crippen molar-refractivity contribution in [1.82, 2.24) is 10.2 Å². The SMILES string of the molecule is CCCN1C(CCO)CNCC1(C)C. The van der Waals surface area contributed by atoms with E-state index in [4.69, 9.17) is 5.11 Å². The van der Waals surface area contributed by atoms with Crippen LogP contribution in [0.2, 0.25) is 0 Å². The third kappa shape index (κ3) is 2.69. The molecular formula is C11H24N2O. The highest BCUT2D eigenvalue weighted by atomic mass is 16.3. The second kappa shape index (κ2) is 5.10. The zero-order valence-electron chi connectivity index (χ0n) is 9.71. The van der Waals surface area contributed by atoms with E-state index in [1.54, 1.807) is 0 Å². The third-order valence-corrected chi connectivity index (χ3v) is 3.08. The Morgan fingerprint density at radius 3 is 2.79 bits per heavy atom. The normalized spacial score (nSPS) is 27.9. The second-order valence-electron chi connectivity index (χ2n) is 4.80. The maximum Gasteiger partial charge on any atom is 0.0446 e. The van der Waals surface area contributed by atoms with Crippen molar-refractivity contribution in [2.24, 2.45) is 0 Å². The molecule has 1 aliphatic rings. The van der Waals surface area contributed by atoms with E-state index >= 15 is 0 Å². The summed E-state index contributed by atoms with van der Waals surface area (Å²) in [6.45, 7) is 10.3. The van der Waals surface area contributed by atoms with Gasteiger partial charge in [0.05, 0.1) is 0 Å². The highest BCUT2D eigenvalue weighted by molar-refractivity contribution is 4.93. The zero-order chi connectivity index (χ0) is 10.6. The molecule has 1 saturated heterocycles. The number of piperazine rings is 1. The molecule has 0 aromatic carbocycles. The summed E-state index contributed by atoms with van der Waals surface area (Å²) in [6, 6.07) is 0.503. The zero-order valence-corrected chi connectivity index (χ0v) is 9.71. The van der Waals surface area contributed by atoms with E-state index < -0.39 is 0 Å². The summed E-state index contributed by atoms with van der Waals surface area (Å²) in [5.74, 6) is 0. The van der Waals surface area contributed by atoms with Crippen LogP contribution in [0.25, 0.3) is 0 Å². The van der Waals surface area contributed by atoms with Crippen LogP contribution in [0.3, 0.4) is 0 Å². The summed E-state index contributed by atoms with van der Waals surface area (Å²) < 4.78 is 0. The number of aliphatic hydroxyl groups is 1. The molecule has 0 aliphatic carbocycles. The molecule has 0 radical (unpaired) electrons. The van der Waals surface area contributed by atoms with Crippen molar-refractivity contribution in [1.29, 1.82) is 0 Å². The fourth-order valence-corrected chi connectivity index (χ4v) is 2.38. The Hall–Kier alpha value is -0.120. The van der Waals surface area contributed by atoms with Gasteiger partial charge < -0.3 is 10.4 Å². The van der Waals surface area contributed by atoms with Crippen LogP contribution >= 0.6 is 0 Å². The van der Waals surface area contributed by atoms with Crippen LogP contribution in [0.4, 0.5) is 0 Å². The quantitative estimate of drug-likeness (QED) is 0.705. The smallest absolute Gasteiger partial charge is 0.0446 e. The average molecular weight is 200 g/mol. The average Bonchev–Trinajstić information content (AvgIpc) is 2.11. The number of rotatable bonds is 4. The van der Waals surface area contributed by atoms with E-state index in [1.165, 1.54) is 6.42 Å². The Bertz CT molecular complexity index is 169. The van der Waals surface area contributed by atoms with E-state index in [0.717, 1.165) is 26.1 Å². The van der Waals surface area contributed by atoms with Crippen LogP contribution in [-0.2, 0) is 0 Å². The summed E-state index contributed by atoms with van der Waals surface area (Å²) in [5.41, 5.74) is 0.230. The molecule has 14 heavy (non-hydrogen) atoms. The molecule has 1 fully saturated rings. The number of hydrogen-bond donors (Lipinski definition) is 2. The Balaban J connectivity index is 2.63. The van der Waals surface area contributed by atoms with Gasteiger partial charge in [-0.3, -0.25) is 4.90 Å². The van der Waals surface area contributed by atoms with Crippen molar-refractivity contribution >= 4 is 0 Å². The van der Waals surface area contributed by atoms with Gasteiger partial charge in [0.25, 0.3) is 0 Å². The van der Waals surface area contributed by atoms with Crippen LogP contribution in [0.15, 0.2) is 0 Å². The van der Waals surface area contributed by atoms with Crippen molar-refractivity contribution in [3.63, 3.8) is 0 Å². The molecule has 1 unspecified atom stereocenters. The van der Waals surface area contributed by atoms with Crippen molar-refractivity contribution in [2.45, 2.75) is 45.2 Å². The van der Waals surface area contributed by atoms with Crippen molar-refractivity contribution in [3.8, 4) is 0 Å². The molecule has 3 nitrogen and oxygen atoms in total.